The first kappa shape index (κ1) is 15.8. The molecule has 1 aromatic heterocycles. The molecule has 0 N–H and O–H groups in total. The molecule has 1 aliphatic rings. The van der Waals surface area contributed by atoms with E-state index in [4.69, 9.17) is 19.9 Å². The number of amides is 1. The molecule has 1 unspecified atom stereocenters. The van der Waals surface area contributed by atoms with Crippen LogP contribution in [0.15, 0.2) is 10.7 Å². The van der Waals surface area contributed by atoms with E-state index in [1.807, 2.05) is 0 Å². The summed E-state index contributed by atoms with van der Waals surface area (Å²) < 4.78 is 31.9. The lowest BCUT2D eigenvalue weighted by Gasteiger charge is -2.13. The van der Waals surface area contributed by atoms with Crippen molar-refractivity contribution in [2.75, 3.05) is 23.8 Å². The summed E-state index contributed by atoms with van der Waals surface area (Å²) >= 11 is 0. The molecule has 116 valence electrons. The molecule has 8 nitrogen and oxygen atoms in total. The summed E-state index contributed by atoms with van der Waals surface area (Å²) in [6.07, 6.45) is 1.17. The lowest BCUT2D eigenvalue weighted by atomic mass is 10.1. The van der Waals surface area contributed by atoms with E-state index in [-0.39, 0.29) is 42.7 Å². The van der Waals surface area contributed by atoms with Crippen molar-refractivity contribution < 1.29 is 27.3 Å². The first-order valence-corrected chi connectivity index (χ1v) is 8.64. The lowest BCUT2D eigenvalue weighted by molar-refractivity contribution is -0.117. The number of esters is 1. The Labute approximate surface area is 125 Å². The van der Waals surface area contributed by atoms with E-state index < -0.39 is 20.9 Å². The highest BCUT2D eigenvalue weighted by atomic mass is 35.7. The third kappa shape index (κ3) is 3.73. The van der Waals surface area contributed by atoms with Crippen LogP contribution < -0.4 is 4.90 Å². The largest absolute Gasteiger partial charge is 0.462 e. The average molecular weight is 337 g/mol. The molecule has 2 rings (SSSR count). The lowest BCUT2D eigenvalue weighted by Crippen LogP contribution is -2.26. The van der Waals surface area contributed by atoms with E-state index >= 15 is 0 Å². The number of ether oxygens (including phenoxy) is 1. The van der Waals surface area contributed by atoms with Gasteiger partial charge in [0.25, 0.3) is 0 Å². The third-order valence-corrected chi connectivity index (χ3v) is 4.18. The van der Waals surface area contributed by atoms with E-state index in [0.29, 0.717) is 0 Å². The molecule has 2 heterocycles. The second-order valence-corrected chi connectivity index (χ2v) is 7.37. The molecule has 1 amide bonds. The molecule has 0 saturated carbocycles. The first-order chi connectivity index (χ1) is 9.81. The van der Waals surface area contributed by atoms with Crippen LogP contribution in [0.25, 0.3) is 0 Å². The predicted octanol–water partition coefficient (Wildman–Crippen LogP) is 0.773. The molecule has 0 bridgehead atoms. The Hall–Kier alpha value is -1.61. The number of anilines is 1. The Morgan fingerprint density at radius 2 is 2.33 bits per heavy atom. The van der Waals surface area contributed by atoms with Crippen molar-refractivity contribution in [1.82, 2.24) is 5.16 Å². The van der Waals surface area contributed by atoms with Gasteiger partial charge < -0.3 is 9.26 Å². The summed E-state index contributed by atoms with van der Waals surface area (Å²) in [5, 5.41) is 3.49. The first-order valence-electron chi connectivity index (χ1n) is 6.16. The standard InChI is InChI=1S/C11H13ClN2O6S/c1-2-19-11(16)8-4-13-20-10(8)14-5-7(3-9(14)15)6-21(12,17)18/h4,7H,2-3,5-6H2,1H3. The van der Waals surface area contributed by atoms with E-state index in [0.717, 1.165) is 6.20 Å². The summed E-state index contributed by atoms with van der Waals surface area (Å²) in [6, 6.07) is 0. The van der Waals surface area contributed by atoms with Crippen LogP contribution in [0.4, 0.5) is 5.88 Å². The zero-order chi connectivity index (χ0) is 15.6. The van der Waals surface area contributed by atoms with Crippen molar-refractivity contribution in [2.45, 2.75) is 13.3 Å². The van der Waals surface area contributed by atoms with Gasteiger partial charge in [-0.2, -0.15) is 0 Å². The van der Waals surface area contributed by atoms with Gasteiger partial charge >= 0.3 is 5.97 Å². The van der Waals surface area contributed by atoms with Gasteiger partial charge in [-0.3, -0.25) is 9.69 Å². The fraction of sp³-hybridized carbons (Fsp3) is 0.545. The molecule has 1 saturated heterocycles. The summed E-state index contributed by atoms with van der Waals surface area (Å²) in [5.41, 5.74) is 0.0274. The van der Waals surface area contributed by atoms with Crippen molar-refractivity contribution in [1.29, 1.82) is 0 Å². The third-order valence-electron chi connectivity index (χ3n) is 2.93. The number of aromatic nitrogens is 1. The molecular weight excluding hydrogens is 324 g/mol. The topological polar surface area (TPSA) is 107 Å². The maximum Gasteiger partial charge on any atom is 0.345 e. The molecule has 0 radical (unpaired) electrons. The number of nitrogens with zero attached hydrogens (tertiary/aromatic N) is 2. The van der Waals surface area contributed by atoms with Gasteiger partial charge in [-0.15, -0.1) is 0 Å². The SMILES string of the molecule is CCOC(=O)c1cnoc1N1CC(CS(=O)(=O)Cl)CC1=O. The summed E-state index contributed by atoms with van der Waals surface area (Å²) in [6.45, 7) is 1.91. The van der Waals surface area contributed by atoms with Crippen molar-refractivity contribution in [3.63, 3.8) is 0 Å². The van der Waals surface area contributed by atoms with Gasteiger partial charge in [0.1, 0.15) is 5.56 Å². The Balaban J connectivity index is 2.18. The van der Waals surface area contributed by atoms with Gasteiger partial charge in [0.15, 0.2) is 0 Å². The minimum absolute atomic E-state index is 0.00884. The normalized spacial score (nSPS) is 19.0. The summed E-state index contributed by atoms with van der Waals surface area (Å²) in [5.74, 6) is -1.83. The Kier molecular flexibility index (Phi) is 4.52. The molecule has 21 heavy (non-hydrogen) atoms. The van der Waals surface area contributed by atoms with Crippen molar-refractivity contribution in [2.24, 2.45) is 5.92 Å². The number of carbonyl (C=O) groups is 2. The van der Waals surface area contributed by atoms with Crippen molar-refractivity contribution in [3.05, 3.63) is 11.8 Å². The molecule has 1 aliphatic heterocycles. The van der Waals surface area contributed by atoms with Gasteiger partial charge in [0, 0.05) is 29.6 Å². The van der Waals surface area contributed by atoms with Gasteiger partial charge in [0.2, 0.25) is 20.8 Å². The second kappa shape index (κ2) is 6.02. The maximum atomic E-state index is 11.9. The van der Waals surface area contributed by atoms with Crippen molar-refractivity contribution in [3.8, 4) is 0 Å². The van der Waals surface area contributed by atoms with Gasteiger partial charge in [-0.1, -0.05) is 5.16 Å². The van der Waals surface area contributed by atoms with Gasteiger partial charge in [-0.05, 0) is 6.92 Å². The highest BCUT2D eigenvalue weighted by Crippen LogP contribution is 2.29. The average Bonchev–Trinajstić information content (AvgIpc) is 2.93. The molecule has 0 aliphatic carbocycles. The van der Waals surface area contributed by atoms with Crippen LogP contribution in [-0.4, -0.2) is 44.4 Å². The van der Waals surface area contributed by atoms with Gasteiger partial charge in [0.05, 0.1) is 18.6 Å². The van der Waals surface area contributed by atoms with E-state index in [9.17, 15) is 18.0 Å². The van der Waals surface area contributed by atoms with Crippen LogP contribution >= 0.6 is 10.7 Å². The Morgan fingerprint density at radius 1 is 1.62 bits per heavy atom. The number of carbonyl (C=O) groups excluding carboxylic acids is 2. The quantitative estimate of drug-likeness (QED) is 0.577. The molecule has 0 spiro atoms. The molecule has 1 fully saturated rings. The number of halogens is 1. The van der Waals surface area contributed by atoms with Crippen LogP contribution in [0.1, 0.15) is 23.7 Å². The predicted molar refractivity (Wildman–Crippen MR) is 72.6 cm³/mol. The number of hydrogen-bond donors (Lipinski definition) is 0. The summed E-state index contributed by atoms with van der Waals surface area (Å²) in [7, 11) is 1.49. The van der Waals surface area contributed by atoms with Crippen LogP contribution in [-0.2, 0) is 18.6 Å². The molecule has 0 aromatic carbocycles. The highest BCUT2D eigenvalue weighted by Gasteiger charge is 2.37. The minimum atomic E-state index is -3.70. The van der Waals surface area contributed by atoms with Crippen LogP contribution in [0.3, 0.4) is 0 Å². The van der Waals surface area contributed by atoms with Crippen LogP contribution in [0.5, 0.6) is 0 Å². The molecular formula is C11H13ClN2O6S. The fourth-order valence-corrected chi connectivity index (χ4v) is 3.47. The summed E-state index contributed by atoms with van der Waals surface area (Å²) in [4.78, 5) is 24.9. The molecule has 1 aromatic rings. The number of rotatable bonds is 5. The van der Waals surface area contributed by atoms with Crippen LogP contribution in [0, 0.1) is 5.92 Å². The fourth-order valence-electron chi connectivity index (χ4n) is 2.15. The zero-order valence-corrected chi connectivity index (χ0v) is 12.7. The van der Waals surface area contributed by atoms with E-state index in [2.05, 4.69) is 5.16 Å². The minimum Gasteiger partial charge on any atom is -0.462 e. The van der Waals surface area contributed by atoms with Crippen LogP contribution in [0.2, 0.25) is 0 Å². The van der Waals surface area contributed by atoms with Crippen molar-refractivity contribution >= 4 is 37.5 Å². The Bertz CT molecular complexity index is 655. The molecule has 10 heteroatoms. The Morgan fingerprint density at radius 3 is 2.95 bits per heavy atom. The van der Waals surface area contributed by atoms with Gasteiger partial charge in [-0.25, -0.2) is 13.2 Å². The maximum absolute atomic E-state index is 11.9. The monoisotopic (exact) mass is 336 g/mol. The van der Waals surface area contributed by atoms with E-state index in [1.54, 1.807) is 6.92 Å². The second-order valence-electron chi connectivity index (χ2n) is 4.55. The zero-order valence-electron chi connectivity index (χ0n) is 11.1. The highest BCUT2D eigenvalue weighted by molar-refractivity contribution is 8.13. The number of hydrogen-bond acceptors (Lipinski definition) is 7. The smallest absolute Gasteiger partial charge is 0.345 e. The molecule has 1 atom stereocenters. The van der Waals surface area contributed by atoms with E-state index in [1.165, 1.54) is 4.90 Å².